The standard InChI is InChI=1S/C25H28N4O5S/c1-3-29(19-13-15-20(34-2)16-14-19)24(30)22(17-18-9-5-4-6-10-18)27-25(31)28-35(32,33)23-12-8-7-11-21(23)26/h4-16,22H,3,17,26H2,1-2H3,(H2,27,28,31). The monoisotopic (exact) mass is 496 g/mol. The number of nitrogen functional groups attached to an aromatic ring is 1. The highest BCUT2D eigenvalue weighted by Gasteiger charge is 2.29. The molecule has 35 heavy (non-hydrogen) atoms. The van der Waals surface area contributed by atoms with Crippen LogP contribution < -0.4 is 25.4 Å². The first-order chi connectivity index (χ1) is 16.7. The highest BCUT2D eigenvalue weighted by Crippen LogP contribution is 2.21. The van der Waals surface area contributed by atoms with Crippen LogP contribution in [0.2, 0.25) is 0 Å². The average molecular weight is 497 g/mol. The summed E-state index contributed by atoms with van der Waals surface area (Å²) in [7, 11) is -2.70. The Morgan fingerprint density at radius 2 is 1.60 bits per heavy atom. The largest absolute Gasteiger partial charge is 0.497 e. The zero-order valence-electron chi connectivity index (χ0n) is 19.5. The number of hydrogen-bond acceptors (Lipinski definition) is 6. The lowest BCUT2D eigenvalue weighted by Gasteiger charge is -2.27. The molecule has 0 saturated carbocycles. The van der Waals surface area contributed by atoms with E-state index in [0.717, 1.165) is 5.56 Å². The molecule has 1 unspecified atom stereocenters. The number of nitrogens with zero attached hydrogens (tertiary/aromatic N) is 1. The molecule has 0 aliphatic rings. The molecule has 4 N–H and O–H groups in total. The minimum Gasteiger partial charge on any atom is -0.497 e. The SMILES string of the molecule is CCN(C(=O)C(Cc1ccccc1)NC(=O)NS(=O)(=O)c1ccccc1N)c1ccc(OC)cc1. The fourth-order valence-electron chi connectivity index (χ4n) is 3.56. The summed E-state index contributed by atoms with van der Waals surface area (Å²) >= 11 is 0. The van der Waals surface area contributed by atoms with Crippen molar-refractivity contribution in [2.24, 2.45) is 0 Å². The number of hydrogen-bond donors (Lipinski definition) is 3. The van der Waals surface area contributed by atoms with E-state index in [9.17, 15) is 18.0 Å². The maximum atomic E-state index is 13.5. The lowest BCUT2D eigenvalue weighted by molar-refractivity contribution is -0.120. The fourth-order valence-corrected chi connectivity index (χ4v) is 4.60. The summed E-state index contributed by atoms with van der Waals surface area (Å²) < 4.78 is 32.5. The molecule has 0 heterocycles. The van der Waals surface area contributed by atoms with Gasteiger partial charge in [0.2, 0.25) is 5.91 Å². The summed E-state index contributed by atoms with van der Waals surface area (Å²) in [6, 6.07) is 19.8. The molecular weight excluding hydrogens is 468 g/mol. The molecule has 0 aromatic heterocycles. The van der Waals surface area contributed by atoms with Gasteiger partial charge in [-0.3, -0.25) is 4.79 Å². The molecule has 0 saturated heterocycles. The van der Waals surface area contributed by atoms with Gasteiger partial charge in [-0.2, -0.15) is 0 Å². The molecule has 1 atom stereocenters. The van der Waals surface area contributed by atoms with E-state index in [2.05, 4.69) is 5.32 Å². The number of para-hydroxylation sites is 1. The van der Waals surface area contributed by atoms with Crippen molar-refractivity contribution in [2.45, 2.75) is 24.3 Å². The number of ether oxygens (including phenoxy) is 1. The van der Waals surface area contributed by atoms with Crippen LogP contribution in [0.3, 0.4) is 0 Å². The molecule has 0 bridgehead atoms. The van der Waals surface area contributed by atoms with Gasteiger partial charge in [0, 0.05) is 18.7 Å². The first-order valence-corrected chi connectivity index (χ1v) is 12.4. The average Bonchev–Trinajstić information content (AvgIpc) is 2.85. The Balaban J connectivity index is 1.85. The third kappa shape index (κ3) is 6.51. The lowest BCUT2D eigenvalue weighted by atomic mass is 10.0. The fraction of sp³-hybridized carbons (Fsp3) is 0.200. The van der Waals surface area contributed by atoms with Crippen LogP contribution in [0.25, 0.3) is 0 Å². The van der Waals surface area contributed by atoms with E-state index in [-0.39, 0.29) is 17.0 Å². The van der Waals surface area contributed by atoms with E-state index < -0.39 is 28.0 Å². The van der Waals surface area contributed by atoms with Crippen LogP contribution in [0.15, 0.2) is 83.8 Å². The Hall–Kier alpha value is -4.05. The van der Waals surface area contributed by atoms with Gasteiger partial charge in [0.25, 0.3) is 10.0 Å². The van der Waals surface area contributed by atoms with Crippen LogP contribution in [0.5, 0.6) is 5.75 Å². The van der Waals surface area contributed by atoms with E-state index in [1.165, 1.54) is 23.1 Å². The number of methoxy groups -OCH3 is 1. The Bertz CT molecular complexity index is 1260. The minimum absolute atomic E-state index is 0.00127. The molecule has 3 amide bonds. The second-order valence-corrected chi connectivity index (χ2v) is 9.29. The van der Waals surface area contributed by atoms with Crippen molar-refractivity contribution in [2.75, 3.05) is 24.3 Å². The van der Waals surface area contributed by atoms with Gasteiger partial charge in [0.05, 0.1) is 12.8 Å². The first-order valence-electron chi connectivity index (χ1n) is 10.9. The van der Waals surface area contributed by atoms with Crippen LogP contribution in [0.1, 0.15) is 12.5 Å². The number of nitrogens with two attached hydrogens (primary N) is 1. The number of amides is 3. The predicted molar refractivity (Wildman–Crippen MR) is 135 cm³/mol. The number of urea groups is 1. The van der Waals surface area contributed by atoms with Gasteiger partial charge in [0.1, 0.15) is 16.7 Å². The van der Waals surface area contributed by atoms with E-state index in [4.69, 9.17) is 10.5 Å². The number of likely N-dealkylation sites (N-methyl/N-ethyl adjacent to an activating group) is 1. The van der Waals surface area contributed by atoms with Crippen molar-refractivity contribution in [1.82, 2.24) is 10.0 Å². The lowest BCUT2D eigenvalue weighted by Crippen LogP contribution is -2.53. The molecule has 3 rings (SSSR count). The predicted octanol–water partition coefficient (Wildman–Crippen LogP) is 2.93. The van der Waals surface area contributed by atoms with E-state index in [1.807, 2.05) is 42.0 Å². The van der Waals surface area contributed by atoms with Gasteiger partial charge < -0.3 is 20.7 Å². The molecule has 0 aliphatic heterocycles. The normalized spacial score (nSPS) is 11.8. The van der Waals surface area contributed by atoms with E-state index >= 15 is 0 Å². The Labute approximate surface area is 204 Å². The van der Waals surface area contributed by atoms with Crippen molar-refractivity contribution in [1.29, 1.82) is 0 Å². The maximum absolute atomic E-state index is 13.5. The zero-order valence-corrected chi connectivity index (χ0v) is 20.3. The van der Waals surface area contributed by atoms with Crippen molar-refractivity contribution in [3.63, 3.8) is 0 Å². The molecule has 184 valence electrons. The quantitative estimate of drug-likeness (QED) is 0.391. The minimum atomic E-state index is -4.25. The molecule has 0 spiro atoms. The molecular formula is C25H28N4O5S. The van der Waals surface area contributed by atoms with Gasteiger partial charge in [-0.05, 0) is 48.9 Å². The number of rotatable bonds is 9. The number of carbonyl (C=O) groups excluding carboxylic acids is 2. The molecule has 0 radical (unpaired) electrons. The first kappa shape index (κ1) is 25.6. The molecule has 10 heteroatoms. The van der Waals surface area contributed by atoms with Crippen molar-refractivity contribution >= 4 is 33.3 Å². The van der Waals surface area contributed by atoms with Crippen LogP contribution in [0, 0.1) is 0 Å². The Morgan fingerprint density at radius 3 is 2.20 bits per heavy atom. The van der Waals surface area contributed by atoms with E-state index in [1.54, 1.807) is 37.4 Å². The number of benzene rings is 3. The van der Waals surface area contributed by atoms with E-state index in [0.29, 0.717) is 18.0 Å². The van der Waals surface area contributed by atoms with Crippen molar-refractivity contribution in [3.05, 3.63) is 84.4 Å². The van der Waals surface area contributed by atoms with Crippen molar-refractivity contribution < 1.29 is 22.7 Å². The van der Waals surface area contributed by atoms with Crippen molar-refractivity contribution in [3.8, 4) is 5.75 Å². The second kappa shape index (κ2) is 11.4. The topological polar surface area (TPSA) is 131 Å². The molecule has 0 fully saturated rings. The highest BCUT2D eigenvalue weighted by atomic mass is 32.2. The van der Waals surface area contributed by atoms with Gasteiger partial charge in [-0.1, -0.05) is 42.5 Å². The smallest absolute Gasteiger partial charge is 0.329 e. The highest BCUT2D eigenvalue weighted by molar-refractivity contribution is 7.90. The summed E-state index contributed by atoms with van der Waals surface area (Å²) in [5, 5.41) is 2.53. The number of carbonyl (C=O) groups is 2. The van der Waals surface area contributed by atoms with Gasteiger partial charge >= 0.3 is 6.03 Å². The summed E-state index contributed by atoms with van der Waals surface area (Å²) in [5.41, 5.74) is 7.17. The third-order valence-electron chi connectivity index (χ3n) is 5.29. The summed E-state index contributed by atoms with van der Waals surface area (Å²) in [6.45, 7) is 2.14. The number of anilines is 2. The maximum Gasteiger partial charge on any atom is 0.329 e. The third-order valence-corrected chi connectivity index (χ3v) is 6.69. The summed E-state index contributed by atoms with van der Waals surface area (Å²) in [6.07, 6.45) is 0.160. The van der Waals surface area contributed by atoms with Gasteiger partial charge in [0.15, 0.2) is 0 Å². The Kier molecular flexibility index (Phi) is 8.32. The molecule has 9 nitrogen and oxygen atoms in total. The van der Waals surface area contributed by atoms with Gasteiger partial charge in [-0.15, -0.1) is 0 Å². The number of nitrogens with one attached hydrogen (secondary N) is 2. The molecule has 3 aromatic rings. The van der Waals surface area contributed by atoms with Crippen LogP contribution >= 0.6 is 0 Å². The second-order valence-electron chi connectivity index (χ2n) is 7.64. The van der Waals surface area contributed by atoms with Crippen LogP contribution in [-0.4, -0.2) is 40.1 Å². The summed E-state index contributed by atoms with van der Waals surface area (Å²) in [5.74, 6) is 0.245. The summed E-state index contributed by atoms with van der Waals surface area (Å²) in [4.78, 5) is 27.6. The zero-order chi connectivity index (χ0) is 25.4. The Morgan fingerprint density at radius 1 is 0.971 bits per heavy atom. The van der Waals surface area contributed by atoms with Gasteiger partial charge in [-0.25, -0.2) is 17.9 Å². The number of sulfonamides is 1. The van der Waals surface area contributed by atoms with Crippen LogP contribution in [0.4, 0.5) is 16.2 Å². The van der Waals surface area contributed by atoms with Crippen LogP contribution in [-0.2, 0) is 21.2 Å². The molecule has 3 aromatic carbocycles. The molecule has 0 aliphatic carbocycles.